The van der Waals surface area contributed by atoms with E-state index in [-0.39, 0.29) is 5.56 Å². The van der Waals surface area contributed by atoms with Crippen LogP contribution in [0.25, 0.3) is 10.9 Å². The quantitative estimate of drug-likeness (QED) is 0.648. The maximum atomic E-state index is 12.3. The lowest BCUT2D eigenvalue weighted by atomic mass is 10.0. The average molecular weight is 428 g/mol. The van der Waals surface area contributed by atoms with Crippen molar-refractivity contribution in [1.29, 1.82) is 0 Å². The first-order valence-corrected chi connectivity index (χ1v) is 10.0. The number of carboxylic acids is 2. The molecule has 0 saturated carbocycles. The van der Waals surface area contributed by atoms with Crippen LogP contribution in [-0.4, -0.2) is 57.8 Å². The van der Waals surface area contributed by atoms with Crippen LogP contribution in [-0.2, 0) is 11.8 Å². The van der Waals surface area contributed by atoms with Gasteiger partial charge in [-0.25, -0.2) is 4.79 Å². The fourth-order valence-corrected chi connectivity index (χ4v) is 4.28. The number of fused-ring (bicyclic) bond motifs is 1. The number of carboxylic acid groups (broad SMARTS) is 2. The summed E-state index contributed by atoms with van der Waals surface area (Å²) in [5, 5.41) is 20.7. The summed E-state index contributed by atoms with van der Waals surface area (Å²) < 4.78 is 1.84. The Hall–Kier alpha value is -3.03. The third kappa shape index (κ3) is 3.74. The van der Waals surface area contributed by atoms with Crippen molar-refractivity contribution in [2.45, 2.75) is 6.04 Å². The minimum Gasteiger partial charge on any atom is -0.480 e. The number of piperazine rings is 1. The summed E-state index contributed by atoms with van der Waals surface area (Å²) in [6.07, 6.45) is 1.79. The van der Waals surface area contributed by atoms with Crippen LogP contribution in [0.2, 0.25) is 5.02 Å². The first-order valence-electron chi connectivity index (χ1n) is 9.65. The zero-order chi connectivity index (χ0) is 21.4. The first kappa shape index (κ1) is 20.3. The molecule has 2 N–H and O–H groups in total. The largest absolute Gasteiger partial charge is 0.480 e. The lowest BCUT2D eigenvalue weighted by Crippen LogP contribution is -2.49. The van der Waals surface area contributed by atoms with Gasteiger partial charge in [-0.2, -0.15) is 0 Å². The van der Waals surface area contributed by atoms with Crippen LogP contribution in [0.1, 0.15) is 22.0 Å². The molecule has 1 aliphatic rings. The Morgan fingerprint density at radius 2 is 1.67 bits per heavy atom. The van der Waals surface area contributed by atoms with Gasteiger partial charge in [0.1, 0.15) is 6.04 Å². The van der Waals surface area contributed by atoms with E-state index >= 15 is 0 Å². The molecule has 3 aromatic rings. The van der Waals surface area contributed by atoms with Crippen molar-refractivity contribution in [3.05, 3.63) is 64.8 Å². The molecular weight excluding hydrogens is 406 g/mol. The second-order valence-electron chi connectivity index (χ2n) is 7.47. The molecule has 4 rings (SSSR count). The average Bonchev–Trinajstić information content (AvgIpc) is 3.05. The van der Waals surface area contributed by atoms with Gasteiger partial charge in [-0.1, -0.05) is 11.6 Å². The SMILES string of the molecule is Cn1cc(C(C(=O)O)N2CCN(c3ccc(Cl)cc3)CC2)c2cc(C(=O)O)ccc21. The van der Waals surface area contributed by atoms with E-state index in [1.165, 1.54) is 6.07 Å². The van der Waals surface area contributed by atoms with E-state index in [4.69, 9.17) is 11.6 Å². The Bertz CT molecular complexity index is 1100. The molecule has 30 heavy (non-hydrogen) atoms. The van der Waals surface area contributed by atoms with E-state index in [9.17, 15) is 19.8 Å². The van der Waals surface area contributed by atoms with Crippen molar-refractivity contribution in [1.82, 2.24) is 9.47 Å². The molecule has 1 unspecified atom stereocenters. The predicted octanol–water partition coefficient (Wildman–Crippen LogP) is 3.48. The molecule has 0 bridgehead atoms. The van der Waals surface area contributed by atoms with E-state index in [0.717, 1.165) is 11.2 Å². The van der Waals surface area contributed by atoms with Crippen molar-refractivity contribution >= 4 is 40.1 Å². The summed E-state index contributed by atoms with van der Waals surface area (Å²) in [6.45, 7) is 2.54. The number of hydrogen-bond acceptors (Lipinski definition) is 4. The topological polar surface area (TPSA) is 86.0 Å². The second kappa shape index (κ2) is 8.01. The normalized spacial score (nSPS) is 16.0. The lowest BCUT2D eigenvalue weighted by Gasteiger charge is -2.38. The van der Waals surface area contributed by atoms with Gasteiger partial charge in [-0.15, -0.1) is 0 Å². The molecule has 7 nitrogen and oxygen atoms in total. The van der Waals surface area contributed by atoms with Crippen LogP contribution in [0, 0.1) is 0 Å². The zero-order valence-electron chi connectivity index (χ0n) is 16.5. The van der Waals surface area contributed by atoms with Gasteiger partial charge in [0, 0.05) is 66.6 Å². The number of anilines is 1. The van der Waals surface area contributed by atoms with Gasteiger partial charge in [0.2, 0.25) is 0 Å². The summed E-state index contributed by atoms with van der Waals surface area (Å²) in [5.74, 6) is -1.97. The third-order valence-electron chi connectivity index (χ3n) is 5.67. The smallest absolute Gasteiger partial charge is 0.335 e. The highest BCUT2D eigenvalue weighted by atomic mass is 35.5. The van der Waals surface area contributed by atoms with Crippen LogP contribution < -0.4 is 4.90 Å². The Morgan fingerprint density at radius 1 is 1.00 bits per heavy atom. The highest BCUT2D eigenvalue weighted by Crippen LogP contribution is 2.32. The maximum absolute atomic E-state index is 12.3. The number of halogens is 1. The van der Waals surface area contributed by atoms with Crippen LogP contribution in [0.5, 0.6) is 0 Å². The van der Waals surface area contributed by atoms with Crippen molar-refractivity contribution in [3.63, 3.8) is 0 Å². The van der Waals surface area contributed by atoms with Crippen molar-refractivity contribution in [2.24, 2.45) is 7.05 Å². The number of carbonyl (C=O) groups is 2. The van der Waals surface area contributed by atoms with Gasteiger partial charge in [0.15, 0.2) is 0 Å². The van der Waals surface area contributed by atoms with Crippen LogP contribution in [0.15, 0.2) is 48.7 Å². The number of benzene rings is 2. The number of rotatable bonds is 5. The molecule has 1 fully saturated rings. The van der Waals surface area contributed by atoms with Crippen LogP contribution in [0.4, 0.5) is 5.69 Å². The Morgan fingerprint density at radius 3 is 2.27 bits per heavy atom. The minimum atomic E-state index is -1.03. The Kier molecular flexibility index (Phi) is 5.40. The van der Waals surface area contributed by atoms with Gasteiger partial charge in [0.25, 0.3) is 0 Å². The molecule has 0 aliphatic carbocycles. The molecule has 2 aromatic carbocycles. The van der Waals surface area contributed by atoms with Crippen molar-refractivity contribution in [3.8, 4) is 0 Å². The Balaban J connectivity index is 1.62. The highest BCUT2D eigenvalue weighted by molar-refractivity contribution is 6.30. The van der Waals surface area contributed by atoms with Gasteiger partial charge in [-0.3, -0.25) is 9.69 Å². The molecule has 0 spiro atoms. The summed E-state index contributed by atoms with van der Waals surface area (Å²) in [7, 11) is 1.84. The standard InChI is InChI=1S/C22H22ClN3O4/c1-24-13-18(17-12-14(21(27)28)2-7-19(17)24)20(22(29)30)26-10-8-25(9-11-26)16-5-3-15(23)4-6-16/h2-7,12-13,20H,8-11H2,1H3,(H,27,28)(H,29,30). The summed E-state index contributed by atoms with van der Waals surface area (Å²) in [6, 6.07) is 11.6. The van der Waals surface area contributed by atoms with Gasteiger partial charge in [-0.05, 0) is 42.5 Å². The fourth-order valence-electron chi connectivity index (χ4n) is 4.15. The van der Waals surface area contributed by atoms with E-state index in [2.05, 4.69) is 4.90 Å². The van der Waals surface area contributed by atoms with E-state index < -0.39 is 18.0 Å². The number of aryl methyl sites for hydroxylation is 1. The third-order valence-corrected chi connectivity index (χ3v) is 5.92. The molecule has 0 amide bonds. The molecule has 1 atom stereocenters. The minimum absolute atomic E-state index is 0.145. The molecular formula is C22H22ClN3O4. The van der Waals surface area contributed by atoms with Gasteiger partial charge in [0.05, 0.1) is 5.56 Å². The summed E-state index contributed by atoms with van der Waals surface area (Å²) in [4.78, 5) is 27.8. The van der Waals surface area contributed by atoms with E-state index in [0.29, 0.717) is 42.2 Å². The lowest BCUT2D eigenvalue weighted by molar-refractivity contribution is -0.143. The molecule has 1 aliphatic heterocycles. The number of aromatic carboxylic acids is 1. The molecule has 1 saturated heterocycles. The molecule has 156 valence electrons. The number of aliphatic carboxylic acids is 1. The highest BCUT2D eigenvalue weighted by Gasteiger charge is 2.32. The monoisotopic (exact) mass is 427 g/mol. The second-order valence-corrected chi connectivity index (χ2v) is 7.91. The van der Waals surface area contributed by atoms with Crippen LogP contribution in [0.3, 0.4) is 0 Å². The number of hydrogen-bond donors (Lipinski definition) is 2. The summed E-state index contributed by atoms with van der Waals surface area (Å²) >= 11 is 5.97. The van der Waals surface area contributed by atoms with E-state index in [1.807, 2.05) is 40.8 Å². The predicted molar refractivity (Wildman–Crippen MR) is 115 cm³/mol. The summed E-state index contributed by atoms with van der Waals surface area (Å²) in [5.41, 5.74) is 2.62. The molecule has 8 heteroatoms. The van der Waals surface area contributed by atoms with Crippen molar-refractivity contribution < 1.29 is 19.8 Å². The van der Waals surface area contributed by atoms with Crippen LogP contribution >= 0.6 is 11.6 Å². The maximum Gasteiger partial charge on any atom is 0.335 e. The Labute approximate surface area is 178 Å². The first-order chi connectivity index (χ1) is 14.3. The number of aromatic nitrogens is 1. The molecule has 1 aromatic heterocycles. The van der Waals surface area contributed by atoms with Crippen molar-refractivity contribution in [2.75, 3.05) is 31.1 Å². The molecule has 2 heterocycles. The fraction of sp³-hybridized carbons (Fsp3) is 0.273. The van der Waals surface area contributed by atoms with Gasteiger partial charge >= 0.3 is 11.9 Å². The molecule has 0 radical (unpaired) electrons. The van der Waals surface area contributed by atoms with E-state index in [1.54, 1.807) is 18.3 Å². The van der Waals surface area contributed by atoms with Gasteiger partial charge < -0.3 is 19.7 Å². The number of nitrogens with zero attached hydrogens (tertiary/aromatic N) is 3. The zero-order valence-corrected chi connectivity index (χ0v) is 17.2.